The van der Waals surface area contributed by atoms with Crippen LogP contribution in [0.5, 0.6) is 5.75 Å². The Balaban J connectivity index is 1.36. The van der Waals surface area contributed by atoms with E-state index in [1.54, 1.807) is 7.11 Å². The predicted octanol–water partition coefficient (Wildman–Crippen LogP) is 4.45. The lowest BCUT2D eigenvalue weighted by Crippen LogP contribution is -2.38. The van der Waals surface area contributed by atoms with Crippen molar-refractivity contribution in [2.75, 3.05) is 13.7 Å². The van der Waals surface area contributed by atoms with Crippen LogP contribution in [-0.2, 0) is 10.2 Å². The Labute approximate surface area is 184 Å². The van der Waals surface area contributed by atoms with Gasteiger partial charge >= 0.3 is 0 Å². The molecule has 1 N–H and O–H groups in total. The number of ether oxygens (including phenoxy) is 1. The number of rotatable bonds is 8. The summed E-state index contributed by atoms with van der Waals surface area (Å²) in [5, 5.41) is 7.61. The minimum Gasteiger partial charge on any atom is -0.497 e. The Morgan fingerprint density at radius 2 is 1.97 bits per heavy atom. The highest BCUT2D eigenvalue weighted by Crippen LogP contribution is 2.57. The van der Waals surface area contributed by atoms with E-state index in [0.717, 1.165) is 56.6 Å². The first-order chi connectivity index (χ1) is 15.0. The third kappa shape index (κ3) is 3.64. The van der Waals surface area contributed by atoms with Crippen LogP contribution in [0.4, 0.5) is 0 Å². The van der Waals surface area contributed by atoms with Crippen molar-refractivity contribution in [1.82, 2.24) is 15.5 Å². The average Bonchev–Trinajstić information content (AvgIpc) is 3.11. The van der Waals surface area contributed by atoms with E-state index in [1.165, 1.54) is 5.56 Å². The zero-order chi connectivity index (χ0) is 21.6. The summed E-state index contributed by atoms with van der Waals surface area (Å²) in [5.41, 5.74) is 1.05. The van der Waals surface area contributed by atoms with E-state index in [0.29, 0.717) is 23.6 Å². The summed E-state index contributed by atoms with van der Waals surface area (Å²) in [6, 6.07) is 8.18. The monoisotopic (exact) mass is 423 g/mol. The molecule has 2 bridgehead atoms. The van der Waals surface area contributed by atoms with Gasteiger partial charge in [0.05, 0.1) is 24.4 Å². The molecule has 0 saturated heterocycles. The Bertz CT molecular complexity index is 932. The molecule has 3 aliphatic rings. The van der Waals surface area contributed by atoms with E-state index < -0.39 is 0 Å². The Morgan fingerprint density at radius 1 is 1.23 bits per heavy atom. The van der Waals surface area contributed by atoms with E-state index in [9.17, 15) is 4.79 Å². The fourth-order valence-corrected chi connectivity index (χ4v) is 5.87. The predicted molar refractivity (Wildman–Crippen MR) is 117 cm³/mol. The molecule has 4 atom stereocenters. The quantitative estimate of drug-likeness (QED) is 0.679. The van der Waals surface area contributed by atoms with Crippen molar-refractivity contribution in [2.45, 2.75) is 63.7 Å². The van der Waals surface area contributed by atoms with Crippen LogP contribution in [0.25, 0.3) is 0 Å². The summed E-state index contributed by atoms with van der Waals surface area (Å²) < 4.78 is 11.1. The first-order valence-electron chi connectivity index (χ1n) is 11.8. The number of amides is 1. The lowest BCUT2D eigenvalue weighted by atomic mass is 9.78. The molecule has 6 heteroatoms. The lowest BCUT2D eigenvalue weighted by molar-refractivity contribution is -0.127. The molecule has 5 rings (SSSR count). The highest BCUT2D eigenvalue weighted by molar-refractivity contribution is 5.80. The van der Waals surface area contributed by atoms with Crippen LogP contribution in [0.15, 0.2) is 28.8 Å². The van der Waals surface area contributed by atoms with Gasteiger partial charge in [0.1, 0.15) is 5.75 Å². The minimum atomic E-state index is -0.152. The number of benzene rings is 1. The fraction of sp³-hybridized carbons (Fsp3) is 0.640. The molecule has 1 amide bonds. The molecule has 3 fully saturated rings. The molecule has 0 spiro atoms. The van der Waals surface area contributed by atoms with Crippen LogP contribution in [0.3, 0.4) is 0 Å². The van der Waals surface area contributed by atoms with Crippen LogP contribution < -0.4 is 10.1 Å². The lowest BCUT2D eigenvalue weighted by Gasteiger charge is -2.27. The number of nitrogens with zero attached hydrogens (tertiary/aromatic N) is 2. The Hall–Kier alpha value is -2.37. The van der Waals surface area contributed by atoms with Gasteiger partial charge < -0.3 is 14.6 Å². The molecule has 1 aromatic heterocycles. The molecule has 3 aliphatic carbocycles. The first-order valence-corrected chi connectivity index (χ1v) is 11.8. The summed E-state index contributed by atoms with van der Waals surface area (Å²) in [7, 11) is 1.68. The number of hydrogen-bond acceptors (Lipinski definition) is 5. The molecule has 1 heterocycles. The summed E-state index contributed by atoms with van der Waals surface area (Å²) in [5.74, 6) is 4.01. The molecule has 31 heavy (non-hydrogen) atoms. The molecule has 1 aromatic carbocycles. The van der Waals surface area contributed by atoms with E-state index in [2.05, 4.69) is 36.5 Å². The third-order valence-electron chi connectivity index (χ3n) is 7.79. The van der Waals surface area contributed by atoms with Gasteiger partial charge in [0.15, 0.2) is 5.82 Å². The van der Waals surface area contributed by atoms with E-state index in [1.807, 2.05) is 12.1 Å². The van der Waals surface area contributed by atoms with E-state index in [-0.39, 0.29) is 23.2 Å². The van der Waals surface area contributed by atoms with Crippen molar-refractivity contribution >= 4 is 5.91 Å². The third-order valence-corrected chi connectivity index (χ3v) is 7.79. The van der Waals surface area contributed by atoms with Crippen molar-refractivity contribution in [2.24, 2.45) is 23.7 Å². The van der Waals surface area contributed by atoms with Crippen molar-refractivity contribution < 1.29 is 14.1 Å². The molecule has 2 aromatic rings. The second-order valence-electron chi connectivity index (χ2n) is 10.1. The molecule has 0 aliphatic heterocycles. The van der Waals surface area contributed by atoms with Crippen molar-refractivity contribution in [3.63, 3.8) is 0 Å². The van der Waals surface area contributed by atoms with Crippen molar-refractivity contribution in [3.8, 4) is 5.75 Å². The van der Waals surface area contributed by atoms with Gasteiger partial charge in [-0.2, -0.15) is 4.98 Å². The maximum atomic E-state index is 13.1. The van der Waals surface area contributed by atoms with E-state index >= 15 is 0 Å². The van der Waals surface area contributed by atoms with Gasteiger partial charge in [0.25, 0.3) is 0 Å². The van der Waals surface area contributed by atoms with Gasteiger partial charge in [-0.1, -0.05) is 31.1 Å². The van der Waals surface area contributed by atoms with Crippen LogP contribution in [-0.4, -0.2) is 29.7 Å². The zero-order valence-corrected chi connectivity index (χ0v) is 18.8. The maximum Gasteiger partial charge on any atom is 0.230 e. The van der Waals surface area contributed by atoms with Gasteiger partial charge in [-0.05, 0) is 74.0 Å². The van der Waals surface area contributed by atoms with E-state index in [4.69, 9.17) is 14.2 Å². The normalized spacial score (nSPS) is 28.1. The van der Waals surface area contributed by atoms with Crippen LogP contribution >= 0.6 is 0 Å². The number of hydrogen-bond donors (Lipinski definition) is 1. The molecule has 3 saturated carbocycles. The summed E-state index contributed by atoms with van der Waals surface area (Å²) in [4.78, 5) is 18.0. The topological polar surface area (TPSA) is 77.2 Å². The second kappa shape index (κ2) is 7.95. The Morgan fingerprint density at radius 3 is 2.65 bits per heavy atom. The number of fused-ring (bicyclic) bond motifs is 2. The van der Waals surface area contributed by atoms with Crippen LogP contribution in [0.2, 0.25) is 0 Å². The second-order valence-corrected chi connectivity index (χ2v) is 10.1. The SMILES string of the molecule is COc1ccc(C2(c3noc([C@H]4[C@@H]5CC[C@@H](C5)[C@@H]4C(=O)NCCC(C)C)n3)CC2)cc1. The molecular weight excluding hydrogens is 390 g/mol. The summed E-state index contributed by atoms with van der Waals surface area (Å²) >= 11 is 0. The standard InChI is InChI=1S/C25H33N3O3/c1-15(2)10-13-26-22(29)20-16-4-5-17(14-16)21(20)23-27-24(28-31-23)25(11-12-25)18-6-8-19(30-3)9-7-18/h6-9,15-17,20-21H,4-5,10-14H2,1-3H3,(H,26,29)/t16-,17+,20-,21-/m0/s1. The molecule has 6 nitrogen and oxygen atoms in total. The fourth-order valence-electron chi connectivity index (χ4n) is 5.87. The average molecular weight is 424 g/mol. The van der Waals surface area contributed by atoms with Crippen molar-refractivity contribution in [1.29, 1.82) is 0 Å². The highest BCUT2D eigenvalue weighted by Gasteiger charge is 2.55. The zero-order valence-electron chi connectivity index (χ0n) is 18.8. The smallest absolute Gasteiger partial charge is 0.230 e. The molecule has 166 valence electrons. The minimum absolute atomic E-state index is 0.0321. The van der Waals surface area contributed by atoms with Crippen LogP contribution in [0.1, 0.15) is 75.6 Å². The molecular formula is C25H33N3O3. The van der Waals surface area contributed by atoms with Gasteiger partial charge in [-0.25, -0.2) is 0 Å². The Kier molecular flexibility index (Phi) is 5.27. The number of aromatic nitrogens is 2. The highest BCUT2D eigenvalue weighted by atomic mass is 16.5. The summed E-state index contributed by atoms with van der Waals surface area (Å²) in [6.07, 6.45) is 6.45. The number of nitrogens with one attached hydrogen (secondary N) is 1. The molecule has 0 radical (unpaired) electrons. The largest absolute Gasteiger partial charge is 0.497 e. The number of carbonyl (C=O) groups excluding carboxylic acids is 1. The van der Waals surface area contributed by atoms with Gasteiger partial charge in [-0.15, -0.1) is 0 Å². The summed E-state index contributed by atoms with van der Waals surface area (Å²) in [6.45, 7) is 5.11. The number of methoxy groups -OCH3 is 1. The van der Waals surface area contributed by atoms with Gasteiger partial charge in [0, 0.05) is 6.54 Å². The van der Waals surface area contributed by atoms with Crippen LogP contribution in [0, 0.1) is 23.7 Å². The van der Waals surface area contributed by atoms with Gasteiger partial charge in [0.2, 0.25) is 11.8 Å². The maximum absolute atomic E-state index is 13.1. The van der Waals surface area contributed by atoms with Gasteiger partial charge in [-0.3, -0.25) is 4.79 Å². The first kappa shape index (κ1) is 20.5. The molecule has 0 unspecified atom stereocenters. The van der Waals surface area contributed by atoms with Crippen molar-refractivity contribution in [3.05, 3.63) is 41.5 Å². The number of carbonyl (C=O) groups is 1.